The molecule has 1 heterocycles. The highest BCUT2D eigenvalue weighted by Gasteiger charge is 2.05. The molecule has 78 valence electrons. The minimum Gasteiger partial charge on any atom is -0.374 e. The number of nitrogens with zero attached hydrogens (tertiary/aromatic N) is 2. The quantitative estimate of drug-likeness (QED) is 0.790. The lowest BCUT2D eigenvalue weighted by molar-refractivity contribution is 0.785. The number of rotatable bonds is 4. The molecule has 0 radical (unpaired) electrons. The smallest absolute Gasteiger partial charge is 0.0592 e. The number of pyridine rings is 1. The molecule has 0 amide bonds. The van der Waals surface area contributed by atoms with Crippen LogP contribution in [-0.2, 0) is 0 Å². The summed E-state index contributed by atoms with van der Waals surface area (Å²) in [5, 5.41) is 0. The number of aromatic nitrogens is 1. The van der Waals surface area contributed by atoms with Crippen molar-refractivity contribution < 1.29 is 0 Å². The van der Waals surface area contributed by atoms with Crippen LogP contribution in [0, 0.1) is 0 Å². The van der Waals surface area contributed by atoms with Crippen LogP contribution in [0.2, 0.25) is 0 Å². The second kappa shape index (κ2) is 5.71. The van der Waals surface area contributed by atoms with Gasteiger partial charge in [-0.3, -0.25) is 4.98 Å². The van der Waals surface area contributed by atoms with E-state index in [2.05, 4.69) is 55.7 Å². The van der Waals surface area contributed by atoms with Gasteiger partial charge in [0.15, 0.2) is 0 Å². The zero-order valence-electron chi connectivity index (χ0n) is 8.37. The van der Waals surface area contributed by atoms with Crippen molar-refractivity contribution in [3.8, 4) is 0 Å². The van der Waals surface area contributed by atoms with E-state index in [9.17, 15) is 0 Å². The SMILES string of the molecule is CC(Br)CCN(C)c1ccncc1Br. The topological polar surface area (TPSA) is 16.1 Å². The van der Waals surface area contributed by atoms with Crippen molar-refractivity contribution >= 4 is 37.5 Å². The summed E-state index contributed by atoms with van der Waals surface area (Å²) < 4.78 is 1.05. The van der Waals surface area contributed by atoms with E-state index in [1.807, 2.05) is 18.5 Å². The Bertz CT molecular complexity index is 289. The van der Waals surface area contributed by atoms with E-state index >= 15 is 0 Å². The van der Waals surface area contributed by atoms with Crippen LogP contribution in [-0.4, -0.2) is 23.4 Å². The molecule has 1 aromatic rings. The molecule has 0 aliphatic heterocycles. The van der Waals surface area contributed by atoms with Crippen molar-refractivity contribution in [2.45, 2.75) is 18.2 Å². The number of alkyl halides is 1. The van der Waals surface area contributed by atoms with Crippen molar-refractivity contribution in [2.24, 2.45) is 0 Å². The molecule has 4 heteroatoms. The molecule has 0 N–H and O–H groups in total. The third kappa shape index (κ3) is 3.58. The van der Waals surface area contributed by atoms with Crippen LogP contribution >= 0.6 is 31.9 Å². The Balaban J connectivity index is 2.60. The first-order valence-electron chi connectivity index (χ1n) is 4.56. The maximum Gasteiger partial charge on any atom is 0.0592 e. The molecule has 0 saturated carbocycles. The summed E-state index contributed by atoms with van der Waals surface area (Å²) in [6.07, 6.45) is 4.77. The lowest BCUT2D eigenvalue weighted by Crippen LogP contribution is -2.20. The fraction of sp³-hybridized carbons (Fsp3) is 0.500. The first kappa shape index (κ1) is 12.0. The van der Waals surface area contributed by atoms with E-state index in [0.29, 0.717) is 4.83 Å². The summed E-state index contributed by atoms with van der Waals surface area (Å²) in [7, 11) is 2.09. The first-order chi connectivity index (χ1) is 6.61. The van der Waals surface area contributed by atoms with Crippen LogP contribution in [0.4, 0.5) is 5.69 Å². The van der Waals surface area contributed by atoms with Gasteiger partial charge in [-0.2, -0.15) is 0 Å². The molecule has 14 heavy (non-hydrogen) atoms. The van der Waals surface area contributed by atoms with E-state index in [1.54, 1.807) is 0 Å². The maximum absolute atomic E-state index is 4.04. The second-order valence-corrected chi connectivity index (χ2v) is 5.74. The average molecular weight is 322 g/mol. The average Bonchev–Trinajstić information content (AvgIpc) is 2.15. The molecule has 2 nitrogen and oxygen atoms in total. The Morgan fingerprint density at radius 2 is 2.29 bits per heavy atom. The largest absolute Gasteiger partial charge is 0.374 e. The summed E-state index contributed by atoms with van der Waals surface area (Å²) in [5.74, 6) is 0. The molecule has 0 spiro atoms. The van der Waals surface area contributed by atoms with Crippen molar-refractivity contribution in [1.82, 2.24) is 4.98 Å². The Morgan fingerprint density at radius 1 is 1.57 bits per heavy atom. The van der Waals surface area contributed by atoms with Crippen molar-refractivity contribution in [2.75, 3.05) is 18.5 Å². The summed E-state index contributed by atoms with van der Waals surface area (Å²) in [4.78, 5) is 6.83. The fourth-order valence-electron chi connectivity index (χ4n) is 1.17. The predicted octanol–water partition coefficient (Wildman–Crippen LogP) is 3.45. The summed E-state index contributed by atoms with van der Waals surface area (Å²) in [6, 6.07) is 2.02. The van der Waals surface area contributed by atoms with Crippen LogP contribution in [0.1, 0.15) is 13.3 Å². The molecule has 0 saturated heterocycles. The maximum atomic E-state index is 4.04. The van der Waals surface area contributed by atoms with Gasteiger partial charge >= 0.3 is 0 Å². The minimum atomic E-state index is 0.561. The lowest BCUT2D eigenvalue weighted by Gasteiger charge is -2.20. The minimum absolute atomic E-state index is 0.561. The van der Waals surface area contributed by atoms with Crippen molar-refractivity contribution in [3.05, 3.63) is 22.9 Å². The van der Waals surface area contributed by atoms with E-state index in [4.69, 9.17) is 0 Å². The monoisotopic (exact) mass is 320 g/mol. The molecule has 1 atom stereocenters. The third-order valence-corrected chi connectivity index (χ3v) is 3.09. The number of halogens is 2. The fourth-order valence-corrected chi connectivity index (χ4v) is 1.93. The zero-order valence-corrected chi connectivity index (χ0v) is 11.5. The van der Waals surface area contributed by atoms with Gasteiger partial charge in [0, 0.05) is 30.8 Å². The summed E-state index contributed by atoms with van der Waals surface area (Å²) in [5.41, 5.74) is 1.19. The third-order valence-electron chi connectivity index (χ3n) is 2.02. The van der Waals surface area contributed by atoms with Crippen LogP contribution in [0.25, 0.3) is 0 Å². The summed E-state index contributed by atoms with van der Waals surface area (Å²) >= 11 is 7.03. The van der Waals surface area contributed by atoms with Crippen molar-refractivity contribution in [1.29, 1.82) is 0 Å². The van der Waals surface area contributed by atoms with Crippen molar-refractivity contribution in [3.63, 3.8) is 0 Å². The van der Waals surface area contributed by atoms with Crippen LogP contribution in [0.3, 0.4) is 0 Å². The van der Waals surface area contributed by atoms with Crippen LogP contribution < -0.4 is 4.90 Å². The normalized spacial score (nSPS) is 12.6. The molecular weight excluding hydrogens is 308 g/mol. The summed E-state index contributed by atoms with van der Waals surface area (Å²) in [6.45, 7) is 3.20. The second-order valence-electron chi connectivity index (χ2n) is 3.32. The van der Waals surface area contributed by atoms with E-state index < -0.39 is 0 Å². The Morgan fingerprint density at radius 3 is 2.86 bits per heavy atom. The van der Waals surface area contributed by atoms with Gasteiger partial charge in [-0.1, -0.05) is 22.9 Å². The van der Waals surface area contributed by atoms with E-state index in [0.717, 1.165) is 17.4 Å². The van der Waals surface area contributed by atoms with Gasteiger partial charge in [0.25, 0.3) is 0 Å². The van der Waals surface area contributed by atoms with Gasteiger partial charge in [0.1, 0.15) is 0 Å². The molecule has 1 aromatic heterocycles. The molecule has 0 bridgehead atoms. The molecule has 1 rings (SSSR count). The van der Waals surface area contributed by atoms with Gasteiger partial charge < -0.3 is 4.90 Å². The molecule has 0 aliphatic carbocycles. The number of hydrogen-bond donors (Lipinski definition) is 0. The van der Waals surface area contributed by atoms with Crippen LogP contribution in [0.5, 0.6) is 0 Å². The molecule has 0 aromatic carbocycles. The van der Waals surface area contributed by atoms with Gasteiger partial charge in [-0.05, 0) is 28.4 Å². The van der Waals surface area contributed by atoms with Gasteiger partial charge in [-0.25, -0.2) is 0 Å². The van der Waals surface area contributed by atoms with Gasteiger partial charge in [0.05, 0.1) is 10.2 Å². The Kier molecular flexibility index (Phi) is 4.89. The molecule has 0 aliphatic rings. The highest BCUT2D eigenvalue weighted by molar-refractivity contribution is 9.10. The Hall–Kier alpha value is -0.0900. The van der Waals surface area contributed by atoms with E-state index in [-0.39, 0.29) is 0 Å². The predicted molar refractivity (Wildman–Crippen MR) is 68.2 cm³/mol. The Labute approximate surface area is 102 Å². The first-order valence-corrected chi connectivity index (χ1v) is 6.27. The number of anilines is 1. The van der Waals surface area contributed by atoms with Gasteiger partial charge in [-0.15, -0.1) is 0 Å². The molecule has 0 fully saturated rings. The highest BCUT2D eigenvalue weighted by atomic mass is 79.9. The van der Waals surface area contributed by atoms with Gasteiger partial charge in [0.2, 0.25) is 0 Å². The van der Waals surface area contributed by atoms with Crippen LogP contribution in [0.15, 0.2) is 22.9 Å². The standard InChI is InChI=1S/C10H14Br2N2/c1-8(11)4-6-14(2)10-3-5-13-7-9(10)12/h3,5,7-8H,4,6H2,1-2H3. The lowest BCUT2D eigenvalue weighted by atomic mass is 10.3. The van der Waals surface area contributed by atoms with E-state index in [1.165, 1.54) is 5.69 Å². The molecular formula is C10H14Br2N2. The molecule has 1 unspecified atom stereocenters. The highest BCUT2D eigenvalue weighted by Crippen LogP contribution is 2.23. The number of hydrogen-bond acceptors (Lipinski definition) is 2. The zero-order chi connectivity index (χ0) is 10.6.